The summed E-state index contributed by atoms with van der Waals surface area (Å²) >= 11 is 6.27. The van der Waals surface area contributed by atoms with Gasteiger partial charge in [-0.15, -0.1) is 0 Å². The van der Waals surface area contributed by atoms with Gasteiger partial charge in [-0.3, -0.25) is 0 Å². The van der Waals surface area contributed by atoms with Crippen LogP contribution in [0.15, 0.2) is 12.3 Å². The Morgan fingerprint density at radius 3 is 2.94 bits per heavy atom. The van der Waals surface area contributed by atoms with Crippen LogP contribution in [0.25, 0.3) is 0 Å². The average molecular weight is 238 g/mol. The Hall–Kier alpha value is -0.800. The number of anilines is 1. The predicted molar refractivity (Wildman–Crippen MR) is 65.6 cm³/mol. The number of rotatable bonds is 2. The third kappa shape index (κ3) is 1.59. The molecule has 2 fully saturated rings. The molecule has 86 valence electrons. The van der Waals surface area contributed by atoms with Crippen molar-refractivity contribution in [2.45, 2.75) is 31.8 Å². The maximum atomic E-state index is 6.27. The Morgan fingerprint density at radius 2 is 2.38 bits per heavy atom. The maximum Gasteiger partial charge on any atom is 0.147 e. The Balaban J connectivity index is 1.89. The van der Waals surface area contributed by atoms with Crippen molar-refractivity contribution in [2.24, 2.45) is 11.7 Å². The fraction of sp³-hybridized carbons (Fsp3) is 0.583. The van der Waals surface area contributed by atoms with E-state index in [1.54, 1.807) is 0 Å². The third-order valence-corrected chi connectivity index (χ3v) is 4.07. The van der Waals surface area contributed by atoms with Gasteiger partial charge in [0.05, 0.1) is 5.02 Å². The summed E-state index contributed by atoms with van der Waals surface area (Å²) < 4.78 is 0. The highest BCUT2D eigenvalue weighted by molar-refractivity contribution is 6.33. The summed E-state index contributed by atoms with van der Waals surface area (Å²) in [6.45, 7) is 1.62. The van der Waals surface area contributed by atoms with Crippen LogP contribution in [0.5, 0.6) is 0 Å². The third-order valence-electron chi connectivity index (χ3n) is 3.80. The molecule has 1 aliphatic carbocycles. The van der Waals surface area contributed by atoms with Crippen molar-refractivity contribution in [3.63, 3.8) is 0 Å². The molecule has 2 heterocycles. The number of nitrogens with zero attached hydrogens (tertiary/aromatic N) is 2. The van der Waals surface area contributed by atoms with Gasteiger partial charge in [0.15, 0.2) is 0 Å². The van der Waals surface area contributed by atoms with Crippen LogP contribution < -0.4 is 10.6 Å². The SMILES string of the molecule is NCc1cnc(N2CC3CCC2C3)c(Cl)c1. The van der Waals surface area contributed by atoms with Gasteiger partial charge in [-0.05, 0) is 36.8 Å². The minimum Gasteiger partial charge on any atom is -0.352 e. The molecule has 3 nitrogen and oxygen atoms in total. The molecule has 1 saturated carbocycles. The number of piperidine rings is 1. The zero-order valence-electron chi connectivity index (χ0n) is 9.19. The first-order chi connectivity index (χ1) is 7.78. The van der Waals surface area contributed by atoms with Crippen LogP contribution in [-0.4, -0.2) is 17.6 Å². The standard InChI is InChI=1S/C12H16ClN3/c13-11-4-9(5-14)6-15-12(11)16-7-8-1-2-10(16)3-8/h4,6,8,10H,1-3,5,7,14H2. The quantitative estimate of drug-likeness (QED) is 0.858. The van der Waals surface area contributed by atoms with Gasteiger partial charge in [-0.25, -0.2) is 4.98 Å². The maximum absolute atomic E-state index is 6.27. The molecule has 1 saturated heterocycles. The van der Waals surface area contributed by atoms with Crippen molar-refractivity contribution in [3.8, 4) is 0 Å². The molecular weight excluding hydrogens is 222 g/mol. The van der Waals surface area contributed by atoms with Crippen LogP contribution in [0, 0.1) is 5.92 Å². The fourth-order valence-electron chi connectivity index (χ4n) is 2.98. The predicted octanol–water partition coefficient (Wildman–Crippen LogP) is 2.18. The highest BCUT2D eigenvalue weighted by Gasteiger charge is 2.38. The van der Waals surface area contributed by atoms with E-state index in [4.69, 9.17) is 17.3 Å². The van der Waals surface area contributed by atoms with Crippen molar-refractivity contribution in [3.05, 3.63) is 22.8 Å². The van der Waals surface area contributed by atoms with Crippen molar-refractivity contribution < 1.29 is 0 Å². The molecule has 1 aromatic heterocycles. The Morgan fingerprint density at radius 1 is 1.50 bits per heavy atom. The molecule has 2 atom stereocenters. The molecule has 1 aliphatic heterocycles. The minimum absolute atomic E-state index is 0.499. The summed E-state index contributed by atoms with van der Waals surface area (Å²) in [6.07, 6.45) is 5.82. The van der Waals surface area contributed by atoms with Crippen molar-refractivity contribution in [1.29, 1.82) is 0 Å². The molecule has 2 N–H and O–H groups in total. The molecule has 0 aromatic carbocycles. The van der Waals surface area contributed by atoms with Crippen LogP contribution in [0.1, 0.15) is 24.8 Å². The van der Waals surface area contributed by atoms with Crippen molar-refractivity contribution >= 4 is 17.4 Å². The summed E-state index contributed by atoms with van der Waals surface area (Å²) in [7, 11) is 0. The lowest BCUT2D eigenvalue weighted by Crippen LogP contribution is -2.32. The largest absolute Gasteiger partial charge is 0.352 e. The van der Waals surface area contributed by atoms with Crippen molar-refractivity contribution in [2.75, 3.05) is 11.4 Å². The van der Waals surface area contributed by atoms with Gasteiger partial charge in [-0.2, -0.15) is 0 Å². The van der Waals surface area contributed by atoms with Crippen LogP contribution >= 0.6 is 11.6 Å². The normalized spacial score (nSPS) is 27.8. The van der Waals surface area contributed by atoms with Gasteiger partial charge in [0.1, 0.15) is 5.82 Å². The summed E-state index contributed by atoms with van der Waals surface area (Å²) in [6, 6.07) is 2.61. The van der Waals surface area contributed by atoms with E-state index in [0.717, 1.165) is 28.9 Å². The first-order valence-corrected chi connectivity index (χ1v) is 6.27. The van der Waals surface area contributed by atoms with Crippen LogP contribution in [0.3, 0.4) is 0 Å². The Labute approximate surface area is 101 Å². The van der Waals surface area contributed by atoms with Crippen LogP contribution in [0.4, 0.5) is 5.82 Å². The summed E-state index contributed by atoms with van der Waals surface area (Å²) in [5.74, 6) is 1.81. The number of aromatic nitrogens is 1. The van der Waals surface area contributed by atoms with E-state index in [2.05, 4.69) is 9.88 Å². The van der Waals surface area contributed by atoms with E-state index in [1.165, 1.54) is 19.3 Å². The van der Waals surface area contributed by atoms with Gasteiger partial charge >= 0.3 is 0 Å². The molecule has 2 unspecified atom stereocenters. The lowest BCUT2D eigenvalue weighted by atomic mass is 10.1. The van der Waals surface area contributed by atoms with Gasteiger partial charge in [0.2, 0.25) is 0 Å². The first kappa shape index (κ1) is 10.4. The molecule has 0 spiro atoms. The lowest BCUT2D eigenvalue weighted by Gasteiger charge is -2.28. The summed E-state index contributed by atoms with van der Waals surface area (Å²) in [5.41, 5.74) is 6.57. The number of fused-ring (bicyclic) bond motifs is 2. The lowest BCUT2D eigenvalue weighted by molar-refractivity contribution is 0.550. The second-order valence-corrected chi connectivity index (χ2v) is 5.25. The van der Waals surface area contributed by atoms with Crippen LogP contribution in [-0.2, 0) is 6.54 Å². The van der Waals surface area contributed by atoms with Gasteiger partial charge in [-0.1, -0.05) is 11.6 Å². The average Bonchev–Trinajstić information content (AvgIpc) is 2.90. The van der Waals surface area contributed by atoms with E-state index in [0.29, 0.717) is 12.6 Å². The van der Waals surface area contributed by atoms with Gasteiger partial charge < -0.3 is 10.6 Å². The number of halogens is 1. The fourth-order valence-corrected chi connectivity index (χ4v) is 3.27. The Bertz CT molecular complexity index is 407. The minimum atomic E-state index is 0.499. The van der Waals surface area contributed by atoms with E-state index < -0.39 is 0 Å². The topological polar surface area (TPSA) is 42.1 Å². The van der Waals surface area contributed by atoms with Gasteiger partial charge in [0.25, 0.3) is 0 Å². The smallest absolute Gasteiger partial charge is 0.147 e. The highest BCUT2D eigenvalue weighted by Crippen LogP contribution is 2.41. The first-order valence-electron chi connectivity index (χ1n) is 5.89. The molecule has 2 aliphatic rings. The van der Waals surface area contributed by atoms with Crippen molar-refractivity contribution in [1.82, 2.24) is 4.98 Å². The molecule has 0 radical (unpaired) electrons. The van der Waals surface area contributed by atoms with E-state index in [9.17, 15) is 0 Å². The van der Waals surface area contributed by atoms with Gasteiger partial charge in [0, 0.05) is 25.3 Å². The Kier molecular flexibility index (Phi) is 2.52. The second-order valence-electron chi connectivity index (χ2n) is 4.84. The molecule has 2 bridgehead atoms. The molecule has 3 rings (SSSR count). The van der Waals surface area contributed by atoms with E-state index in [1.807, 2.05) is 12.3 Å². The zero-order chi connectivity index (χ0) is 11.1. The highest BCUT2D eigenvalue weighted by atomic mass is 35.5. The van der Waals surface area contributed by atoms with E-state index >= 15 is 0 Å². The molecule has 0 amide bonds. The monoisotopic (exact) mass is 237 g/mol. The summed E-state index contributed by atoms with van der Waals surface area (Å²) in [4.78, 5) is 6.84. The van der Waals surface area contributed by atoms with Crippen LogP contribution in [0.2, 0.25) is 5.02 Å². The zero-order valence-corrected chi connectivity index (χ0v) is 9.95. The molecule has 1 aromatic rings. The number of pyridine rings is 1. The number of nitrogens with two attached hydrogens (primary N) is 1. The molecule has 4 heteroatoms. The summed E-state index contributed by atoms with van der Waals surface area (Å²) in [5, 5.41) is 0.746. The molecular formula is C12H16ClN3. The number of hydrogen-bond acceptors (Lipinski definition) is 3. The number of hydrogen-bond donors (Lipinski definition) is 1. The molecule has 16 heavy (non-hydrogen) atoms. The van der Waals surface area contributed by atoms with E-state index in [-0.39, 0.29) is 0 Å². The second kappa shape index (κ2) is 3.90.